The van der Waals surface area contributed by atoms with Gasteiger partial charge in [0.15, 0.2) is 11.7 Å². The molecule has 1 saturated heterocycles. The van der Waals surface area contributed by atoms with Gasteiger partial charge in [-0.05, 0) is 30.0 Å². The van der Waals surface area contributed by atoms with Crippen molar-refractivity contribution in [2.24, 2.45) is 5.92 Å². The maximum Gasteiger partial charge on any atom is 0.204 e. The number of ketones is 1. The predicted octanol–water partition coefficient (Wildman–Crippen LogP) is 3.75. The minimum atomic E-state index is -0.141. The van der Waals surface area contributed by atoms with Crippen LogP contribution in [0.5, 0.6) is 0 Å². The molecule has 2 aromatic rings. The van der Waals surface area contributed by atoms with E-state index in [-0.39, 0.29) is 11.7 Å². The van der Waals surface area contributed by atoms with Crippen LogP contribution in [0.15, 0.2) is 59.9 Å². The molecule has 0 saturated carbocycles. The van der Waals surface area contributed by atoms with E-state index in [2.05, 4.69) is 12.0 Å². The summed E-state index contributed by atoms with van der Waals surface area (Å²) in [5.41, 5.74) is 5.69. The van der Waals surface area contributed by atoms with E-state index in [1.807, 2.05) is 59.0 Å². The van der Waals surface area contributed by atoms with Crippen LogP contribution in [0.2, 0.25) is 0 Å². The normalized spacial score (nSPS) is 21.2. The summed E-state index contributed by atoms with van der Waals surface area (Å²) in [5.74, 6) is 2.58. The van der Waals surface area contributed by atoms with Crippen molar-refractivity contribution in [2.75, 3.05) is 6.54 Å². The van der Waals surface area contributed by atoms with Crippen molar-refractivity contribution >= 4 is 23.1 Å². The Labute approximate surface area is 151 Å². The van der Waals surface area contributed by atoms with E-state index in [4.69, 9.17) is 0 Å². The molecule has 0 N–H and O–H groups in total. The molecule has 1 fully saturated rings. The molecule has 1 aromatic heterocycles. The maximum absolute atomic E-state index is 13.2. The molecule has 3 heterocycles. The van der Waals surface area contributed by atoms with Gasteiger partial charge in [-0.3, -0.25) is 9.36 Å². The number of Topliss-reactive ketones (excluding diaryl/α,β-unsaturated/α-hetero) is 1. The highest BCUT2D eigenvalue weighted by atomic mass is 16.1. The Balaban J connectivity index is 1.86. The smallest absolute Gasteiger partial charge is 0.204 e. The van der Waals surface area contributed by atoms with Crippen molar-refractivity contribution in [3.8, 4) is 11.1 Å². The number of nitrogens with zero attached hydrogens (tertiary/aromatic N) is 2. The van der Waals surface area contributed by atoms with Crippen LogP contribution in [0.4, 0.5) is 0 Å². The van der Waals surface area contributed by atoms with E-state index in [1.165, 1.54) is 5.57 Å². The summed E-state index contributed by atoms with van der Waals surface area (Å²) in [5, 5.41) is 0. The molecule has 0 radical (unpaired) electrons. The predicted molar refractivity (Wildman–Crippen MR) is 100 cm³/mol. The summed E-state index contributed by atoms with van der Waals surface area (Å²) in [4.78, 5) is 27.0. The summed E-state index contributed by atoms with van der Waals surface area (Å²) < 4.78 is 1.84. The van der Waals surface area contributed by atoms with Crippen LogP contribution in [0.3, 0.4) is 0 Å². The third-order valence-corrected chi connectivity index (χ3v) is 5.53. The van der Waals surface area contributed by atoms with Crippen molar-refractivity contribution in [3.63, 3.8) is 0 Å². The molecule has 3 aliphatic rings. The van der Waals surface area contributed by atoms with Crippen molar-refractivity contribution in [3.05, 3.63) is 65.6 Å². The van der Waals surface area contributed by atoms with Gasteiger partial charge in [-0.1, -0.05) is 43.3 Å². The molecule has 128 valence electrons. The standard InChI is InChI=1S/C22H18N2O2/c1-14-12-16-8-5-10-23-18(13-25)24-11-9-17(15-6-3-2-4-7-15)21(24)19(20(16)23)22(14)26/h2-4,6-7,9,11-12,14H,5,8,10H2,1H3. The van der Waals surface area contributed by atoms with Crippen LogP contribution in [0, 0.1) is 5.92 Å². The number of carbonyl (C=O) groups excluding carboxylic acids is 2. The van der Waals surface area contributed by atoms with Crippen LogP contribution in [0.25, 0.3) is 22.5 Å². The Bertz CT molecular complexity index is 1050. The Morgan fingerprint density at radius 1 is 1.15 bits per heavy atom. The van der Waals surface area contributed by atoms with Crippen LogP contribution in [-0.4, -0.2) is 27.7 Å². The zero-order chi connectivity index (χ0) is 17.8. The molecule has 4 nitrogen and oxygen atoms in total. The fourth-order valence-corrected chi connectivity index (χ4v) is 4.40. The average Bonchev–Trinajstić information content (AvgIpc) is 3.10. The first-order chi connectivity index (χ1) is 12.7. The van der Waals surface area contributed by atoms with Gasteiger partial charge in [0.05, 0.1) is 17.0 Å². The zero-order valence-corrected chi connectivity index (χ0v) is 14.5. The molecular weight excluding hydrogens is 324 g/mol. The lowest BCUT2D eigenvalue weighted by molar-refractivity contribution is -0.115. The van der Waals surface area contributed by atoms with E-state index in [9.17, 15) is 9.59 Å². The topological polar surface area (TPSA) is 42.3 Å². The van der Waals surface area contributed by atoms with Gasteiger partial charge in [0.2, 0.25) is 5.82 Å². The quantitative estimate of drug-likeness (QED) is 0.741. The number of hydrogen-bond donors (Lipinski definition) is 0. The summed E-state index contributed by atoms with van der Waals surface area (Å²) in [6.45, 7) is 2.69. The number of aromatic nitrogens is 1. The molecule has 1 unspecified atom stereocenters. The molecule has 1 aliphatic carbocycles. The van der Waals surface area contributed by atoms with Crippen LogP contribution < -0.4 is 0 Å². The number of carbonyl (C=O) groups is 1. The van der Waals surface area contributed by atoms with Crippen molar-refractivity contribution in [1.29, 1.82) is 0 Å². The Morgan fingerprint density at radius 3 is 2.73 bits per heavy atom. The van der Waals surface area contributed by atoms with E-state index >= 15 is 0 Å². The number of rotatable bonds is 1. The van der Waals surface area contributed by atoms with Crippen LogP contribution in [0.1, 0.15) is 25.5 Å². The zero-order valence-electron chi connectivity index (χ0n) is 14.5. The Morgan fingerprint density at radius 2 is 1.96 bits per heavy atom. The van der Waals surface area contributed by atoms with Crippen molar-refractivity contribution < 1.29 is 9.59 Å². The molecule has 0 amide bonds. The molecule has 26 heavy (non-hydrogen) atoms. The fraction of sp³-hybridized carbons (Fsp3) is 0.227. The maximum atomic E-state index is 13.2. The van der Waals surface area contributed by atoms with Gasteiger partial charge in [-0.15, -0.1) is 0 Å². The third kappa shape index (κ3) is 1.91. The number of piperidine rings is 1. The lowest BCUT2D eigenvalue weighted by Crippen LogP contribution is -2.39. The van der Waals surface area contributed by atoms with E-state index in [1.54, 1.807) is 0 Å². The highest BCUT2D eigenvalue weighted by molar-refractivity contribution is 6.26. The van der Waals surface area contributed by atoms with Gasteiger partial charge < -0.3 is 4.90 Å². The molecule has 0 bridgehead atoms. The molecule has 5 rings (SSSR count). The Hall–Kier alpha value is -3.10. The second kappa shape index (κ2) is 5.45. The molecular formula is C22H18N2O2. The van der Waals surface area contributed by atoms with Crippen molar-refractivity contribution in [2.45, 2.75) is 19.8 Å². The lowest BCUT2D eigenvalue weighted by Gasteiger charge is -2.41. The van der Waals surface area contributed by atoms with Crippen molar-refractivity contribution in [1.82, 2.24) is 9.47 Å². The first-order valence-electron chi connectivity index (χ1n) is 9.00. The van der Waals surface area contributed by atoms with Gasteiger partial charge in [0, 0.05) is 24.2 Å². The van der Waals surface area contributed by atoms with E-state index in [0.717, 1.165) is 47.5 Å². The number of hydrogen-bond acceptors (Lipinski definition) is 3. The second-order valence-electron chi connectivity index (χ2n) is 7.06. The fourth-order valence-electron chi connectivity index (χ4n) is 4.40. The monoisotopic (exact) mass is 342 g/mol. The molecule has 1 aromatic carbocycles. The highest BCUT2D eigenvalue weighted by Gasteiger charge is 2.41. The van der Waals surface area contributed by atoms with E-state index < -0.39 is 0 Å². The summed E-state index contributed by atoms with van der Waals surface area (Å²) in [6, 6.07) is 12.0. The van der Waals surface area contributed by atoms with Gasteiger partial charge in [0.25, 0.3) is 0 Å². The first kappa shape index (κ1) is 15.2. The summed E-state index contributed by atoms with van der Waals surface area (Å²) in [6.07, 6.45) is 5.86. The SMILES string of the molecule is CC1C=C2CCCN3C(=C=O)n4ccc(-c5ccccc5)c4C(=C23)C1=O. The van der Waals surface area contributed by atoms with Gasteiger partial charge in [0.1, 0.15) is 0 Å². The number of allylic oxidation sites excluding steroid dienone is 3. The molecule has 0 spiro atoms. The second-order valence-corrected chi connectivity index (χ2v) is 7.06. The molecule has 1 atom stereocenters. The average molecular weight is 342 g/mol. The van der Waals surface area contributed by atoms with Crippen LogP contribution >= 0.6 is 0 Å². The van der Waals surface area contributed by atoms with E-state index in [0.29, 0.717) is 5.82 Å². The van der Waals surface area contributed by atoms with Gasteiger partial charge in [-0.25, -0.2) is 4.79 Å². The first-order valence-corrected chi connectivity index (χ1v) is 9.00. The van der Waals surface area contributed by atoms with Gasteiger partial charge in [-0.2, -0.15) is 0 Å². The number of benzene rings is 1. The summed E-state index contributed by atoms with van der Waals surface area (Å²) in [7, 11) is 0. The lowest BCUT2D eigenvalue weighted by atomic mass is 9.80. The minimum absolute atomic E-state index is 0.123. The molecule has 4 heteroatoms. The largest absolute Gasteiger partial charge is 0.317 e. The summed E-state index contributed by atoms with van der Waals surface area (Å²) >= 11 is 0. The number of fused-ring (bicyclic) bond motifs is 2. The minimum Gasteiger partial charge on any atom is -0.317 e. The van der Waals surface area contributed by atoms with Gasteiger partial charge >= 0.3 is 0 Å². The molecule has 2 aliphatic heterocycles. The highest BCUT2D eigenvalue weighted by Crippen LogP contribution is 2.47. The third-order valence-electron chi connectivity index (χ3n) is 5.53. The van der Waals surface area contributed by atoms with Crippen LogP contribution in [-0.2, 0) is 9.59 Å². The Kier molecular flexibility index (Phi) is 3.18.